The molecule has 2 aliphatic heterocycles. The van der Waals surface area contributed by atoms with Gasteiger partial charge in [-0.1, -0.05) is 12.5 Å². The molecule has 2 aliphatic rings. The molecule has 2 nitrogen and oxygen atoms in total. The number of ether oxygens (including phenoxy) is 1. The number of hydrogen-bond donors (Lipinski definition) is 1. The fourth-order valence-electron chi connectivity index (χ4n) is 3.15. The first-order chi connectivity index (χ1) is 8.70. The molecule has 1 N–H and O–H groups in total. The zero-order valence-electron chi connectivity index (χ0n) is 10.8. The lowest BCUT2D eigenvalue weighted by Crippen LogP contribution is -2.51. The summed E-state index contributed by atoms with van der Waals surface area (Å²) in [6, 6.07) is 6.35. The van der Waals surface area contributed by atoms with Crippen LogP contribution in [-0.4, -0.2) is 18.2 Å². The molecule has 0 unspecified atom stereocenters. The summed E-state index contributed by atoms with van der Waals surface area (Å²) in [6.07, 6.45) is 6.16. The highest BCUT2D eigenvalue weighted by Crippen LogP contribution is 2.29. The van der Waals surface area contributed by atoms with Crippen molar-refractivity contribution >= 4 is 0 Å². The van der Waals surface area contributed by atoms with Gasteiger partial charge in [0, 0.05) is 18.2 Å². The second kappa shape index (κ2) is 4.88. The summed E-state index contributed by atoms with van der Waals surface area (Å²) < 4.78 is 19.4. The standard InChI is InChI=1S/C15H20FNO/c1-10-5-6-13(9-15(10)16)18-14-7-11-3-2-4-12(8-14)17-11/h5-6,9,11-12,14,17H,2-4,7-8H2,1H3/t11-,12+,14-. The maximum absolute atomic E-state index is 13.5. The summed E-state index contributed by atoms with van der Waals surface area (Å²) in [4.78, 5) is 0. The van der Waals surface area contributed by atoms with Crippen molar-refractivity contribution in [1.82, 2.24) is 5.32 Å². The minimum Gasteiger partial charge on any atom is -0.490 e. The number of piperidine rings is 2. The highest BCUT2D eigenvalue weighted by molar-refractivity contribution is 5.28. The maximum Gasteiger partial charge on any atom is 0.129 e. The van der Waals surface area contributed by atoms with Gasteiger partial charge >= 0.3 is 0 Å². The Morgan fingerprint density at radius 1 is 1.22 bits per heavy atom. The fraction of sp³-hybridized carbons (Fsp3) is 0.600. The molecule has 18 heavy (non-hydrogen) atoms. The van der Waals surface area contributed by atoms with Crippen molar-refractivity contribution in [3.05, 3.63) is 29.6 Å². The van der Waals surface area contributed by atoms with Gasteiger partial charge in [0.05, 0.1) is 0 Å². The van der Waals surface area contributed by atoms with Gasteiger partial charge in [0.1, 0.15) is 17.7 Å². The number of nitrogens with one attached hydrogen (secondary N) is 1. The van der Waals surface area contributed by atoms with Crippen LogP contribution in [0.25, 0.3) is 0 Å². The van der Waals surface area contributed by atoms with Crippen molar-refractivity contribution < 1.29 is 9.13 Å². The number of fused-ring (bicyclic) bond motifs is 2. The van der Waals surface area contributed by atoms with E-state index in [9.17, 15) is 4.39 Å². The van der Waals surface area contributed by atoms with Gasteiger partial charge in [-0.3, -0.25) is 0 Å². The van der Waals surface area contributed by atoms with Gasteiger partial charge in [0.15, 0.2) is 0 Å². The Morgan fingerprint density at radius 3 is 2.61 bits per heavy atom. The first-order valence-corrected chi connectivity index (χ1v) is 6.89. The zero-order chi connectivity index (χ0) is 12.5. The fourth-order valence-corrected chi connectivity index (χ4v) is 3.15. The van der Waals surface area contributed by atoms with Crippen LogP contribution in [0.3, 0.4) is 0 Å². The Hall–Kier alpha value is -1.09. The topological polar surface area (TPSA) is 21.3 Å². The van der Waals surface area contributed by atoms with Gasteiger partial charge in [-0.2, -0.15) is 0 Å². The highest BCUT2D eigenvalue weighted by Gasteiger charge is 2.32. The lowest BCUT2D eigenvalue weighted by atomic mass is 9.85. The van der Waals surface area contributed by atoms with Crippen molar-refractivity contribution in [3.63, 3.8) is 0 Å². The van der Waals surface area contributed by atoms with E-state index >= 15 is 0 Å². The molecule has 2 fully saturated rings. The minimum absolute atomic E-state index is 0.179. The first-order valence-electron chi connectivity index (χ1n) is 6.89. The van der Waals surface area contributed by atoms with Crippen LogP contribution in [0, 0.1) is 12.7 Å². The third-order valence-electron chi connectivity index (χ3n) is 4.12. The van der Waals surface area contributed by atoms with E-state index in [4.69, 9.17) is 4.74 Å². The van der Waals surface area contributed by atoms with E-state index in [2.05, 4.69) is 5.32 Å². The molecule has 0 amide bonds. The zero-order valence-corrected chi connectivity index (χ0v) is 10.8. The van der Waals surface area contributed by atoms with Crippen LogP contribution in [-0.2, 0) is 0 Å². The summed E-state index contributed by atoms with van der Waals surface area (Å²) in [5, 5.41) is 3.63. The summed E-state index contributed by atoms with van der Waals surface area (Å²) in [6.45, 7) is 1.77. The average Bonchev–Trinajstić information content (AvgIpc) is 2.33. The van der Waals surface area contributed by atoms with Crippen molar-refractivity contribution in [2.45, 2.75) is 57.2 Å². The van der Waals surface area contributed by atoms with E-state index in [1.807, 2.05) is 6.07 Å². The monoisotopic (exact) mass is 249 g/mol. The molecule has 0 aromatic heterocycles. The highest BCUT2D eigenvalue weighted by atomic mass is 19.1. The smallest absolute Gasteiger partial charge is 0.129 e. The number of halogens is 1. The van der Waals surface area contributed by atoms with E-state index in [-0.39, 0.29) is 11.9 Å². The van der Waals surface area contributed by atoms with E-state index < -0.39 is 0 Å². The first kappa shape index (κ1) is 12.0. The molecule has 3 atom stereocenters. The molecular formula is C15H20FNO. The number of aryl methyl sites for hydroxylation is 1. The van der Waals surface area contributed by atoms with Crippen LogP contribution < -0.4 is 10.1 Å². The van der Waals surface area contributed by atoms with Crippen LogP contribution in [0.1, 0.15) is 37.7 Å². The molecular weight excluding hydrogens is 229 g/mol. The Labute approximate surface area is 108 Å². The Bertz CT molecular complexity index is 423. The van der Waals surface area contributed by atoms with E-state index in [1.165, 1.54) is 25.3 Å². The van der Waals surface area contributed by atoms with Gasteiger partial charge in [0.2, 0.25) is 0 Å². The van der Waals surface area contributed by atoms with E-state index in [0.29, 0.717) is 23.4 Å². The van der Waals surface area contributed by atoms with E-state index in [0.717, 1.165) is 12.8 Å². The second-order valence-electron chi connectivity index (χ2n) is 5.61. The predicted octanol–water partition coefficient (Wildman–Crippen LogP) is 3.19. The Morgan fingerprint density at radius 2 is 1.94 bits per heavy atom. The summed E-state index contributed by atoms with van der Waals surface area (Å²) >= 11 is 0. The van der Waals surface area contributed by atoms with Gasteiger partial charge < -0.3 is 10.1 Å². The van der Waals surface area contributed by atoms with Crippen LogP contribution >= 0.6 is 0 Å². The third kappa shape index (κ3) is 2.51. The quantitative estimate of drug-likeness (QED) is 0.869. The molecule has 3 heteroatoms. The van der Waals surface area contributed by atoms with Crippen LogP contribution in [0.5, 0.6) is 5.75 Å². The summed E-state index contributed by atoms with van der Waals surface area (Å²) in [5.74, 6) is 0.490. The number of benzene rings is 1. The molecule has 0 saturated carbocycles. The molecule has 98 valence electrons. The molecule has 0 aliphatic carbocycles. The normalized spacial score (nSPS) is 31.1. The van der Waals surface area contributed by atoms with Crippen LogP contribution in [0.4, 0.5) is 4.39 Å². The van der Waals surface area contributed by atoms with Gasteiger partial charge in [-0.15, -0.1) is 0 Å². The molecule has 0 radical (unpaired) electrons. The minimum atomic E-state index is -0.179. The van der Waals surface area contributed by atoms with E-state index in [1.54, 1.807) is 13.0 Å². The number of rotatable bonds is 2. The molecule has 2 saturated heterocycles. The SMILES string of the molecule is Cc1ccc(O[C@@H]2C[C@H]3CCC[C@@H](C2)N3)cc1F. The predicted molar refractivity (Wildman–Crippen MR) is 69.3 cm³/mol. The van der Waals surface area contributed by atoms with Crippen molar-refractivity contribution in [1.29, 1.82) is 0 Å². The Balaban J connectivity index is 1.67. The maximum atomic E-state index is 13.5. The summed E-state index contributed by atoms with van der Waals surface area (Å²) in [5.41, 5.74) is 0.671. The van der Waals surface area contributed by atoms with Crippen molar-refractivity contribution in [2.75, 3.05) is 0 Å². The molecule has 1 aromatic carbocycles. The lowest BCUT2D eigenvalue weighted by Gasteiger charge is -2.40. The average molecular weight is 249 g/mol. The van der Waals surface area contributed by atoms with Crippen LogP contribution in [0.15, 0.2) is 18.2 Å². The van der Waals surface area contributed by atoms with Gasteiger partial charge in [-0.05, 0) is 44.2 Å². The molecule has 2 bridgehead atoms. The molecule has 3 rings (SSSR count). The van der Waals surface area contributed by atoms with Crippen molar-refractivity contribution in [2.24, 2.45) is 0 Å². The van der Waals surface area contributed by atoms with Gasteiger partial charge in [-0.25, -0.2) is 4.39 Å². The number of hydrogen-bond acceptors (Lipinski definition) is 2. The van der Waals surface area contributed by atoms with Gasteiger partial charge in [0.25, 0.3) is 0 Å². The molecule has 2 heterocycles. The molecule has 0 spiro atoms. The Kier molecular flexibility index (Phi) is 3.25. The van der Waals surface area contributed by atoms with Crippen LogP contribution in [0.2, 0.25) is 0 Å². The summed E-state index contributed by atoms with van der Waals surface area (Å²) in [7, 11) is 0. The third-order valence-corrected chi connectivity index (χ3v) is 4.12. The molecule has 1 aromatic rings. The lowest BCUT2D eigenvalue weighted by molar-refractivity contribution is 0.0924. The second-order valence-corrected chi connectivity index (χ2v) is 5.61. The largest absolute Gasteiger partial charge is 0.490 e. The van der Waals surface area contributed by atoms with Crippen molar-refractivity contribution in [3.8, 4) is 5.75 Å².